The monoisotopic (exact) mass is 731 g/mol. The van der Waals surface area contributed by atoms with E-state index >= 15 is 0 Å². The van der Waals surface area contributed by atoms with Gasteiger partial charge in [-0.1, -0.05) is 42.6 Å². The van der Waals surface area contributed by atoms with Crippen molar-refractivity contribution in [1.29, 1.82) is 0 Å². The first-order valence-corrected chi connectivity index (χ1v) is 17.8. The van der Waals surface area contributed by atoms with Gasteiger partial charge in [0, 0.05) is 44.4 Å². The lowest BCUT2D eigenvalue weighted by molar-refractivity contribution is -0.432. The normalized spacial score (nSPS) is 20.1. The maximum atomic E-state index is 11.9. The lowest BCUT2D eigenvalue weighted by Gasteiger charge is -2.26. The molecule has 0 saturated heterocycles. The fraction of sp³-hybridized carbons (Fsp3) is 0.324. The van der Waals surface area contributed by atoms with Gasteiger partial charge < -0.3 is 15.1 Å². The molecule has 5 rings (SSSR count). The third-order valence-corrected chi connectivity index (χ3v) is 11.0. The van der Waals surface area contributed by atoms with Gasteiger partial charge in [0.1, 0.15) is 6.54 Å². The second-order valence-corrected chi connectivity index (χ2v) is 15.5. The van der Waals surface area contributed by atoms with Crippen LogP contribution < -0.4 is 4.90 Å². The summed E-state index contributed by atoms with van der Waals surface area (Å²) < 4.78 is 39.7. The average molecular weight is 732 g/mol. The Morgan fingerprint density at radius 2 is 1.73 bits per heavy atom. The van der Waals surface area contributed by atoms with Crippen molar-refractivity contribution in [2.24, 2.45) is 0 Å². The van der Waals surface area contributed by atoms with E-state index in [4.69, 9.17) is 16.9 Å². The van der Waals surface area contributed by atoms with Crippen LogP contribution in [0.25, 0.3) is 0 Å². The zero-order valence-electron chi connectivity index (χ0n) is 27.1. The van der Waals surface area contributed by atoms with E-state index in [9.17, 15) is 32.8 Å². The number of allylic oxidation sites excluding steroid dienone is 8. The number of fused-ring (bicyclic) bond motifs is 2. The van der Waals surface area contributed by atoms with Crippen LogP contribution in [0.15, 0.2) is 92.4 Å². The van der Waals surface area contributed by atoms with Crippen LogP contribution in [0.2, 0.25) is 0 Å². The zero-order chi connectivity index (χ0) is 35.9. The highest BCUT2D eigenvalue weighted by atomic mass is 35.5. The molecule has 4 N–H and O–H groups in total. The minimum Gasteiger partial charge on any atom is -0.480 e. The summed E-state index contributed by atoms with van der Waals surface area (Å²) in [5.74, 6) is -2.07. The fourth-order valence-electron chi connectivity index (χ4n) is 6.75. The molecule has 0 amide bonds. The molecular formula is C34H36ClN2O10S2+. The van der Waals surface area contributed by atoms with E-state index < -0.39 is 32.9 Å². The first kappa shape index (κ1) is 36.5. The minimum atomic E-state index is -4.47. The number of carboxylic acid groups (broad SMARTS) is 2. The second-order valence-electron chi connectivity index (χ2n) is 12.9. The van der Waals surface area contributed by atoms with Gasteiger partial charge in [0.15, 0.2) is 5.71 Å². The van der Waals surface area contributed by atoms with Crippen LogP contribution in [0.5, 0.6) is 0 Å². The van der Waals surface area contributed by atoms with Crippen molar-refractivity contribution < 1.29 is 52.0 Å². The molecule has 0 atom stereocenters. The van der Waals surface area contributed by atoms with Gasteiger partial charge in [0.2, 0.25) is 12.2 Å². The first-order chi connectivity index (χ1) is 23.0. The summed E-state index contributed by atoms with van der Waals surface area (Å²) in [5.41, 5.74) is 4.33. The first-order valence-electron chi connectivity index (χ1n) is 15.2. The van der Waals surface area contributed by atoms with E-state index in [0.29, 0.717) is 39.7 Å². The van der Waals surface area contributed by atoms with E-state index in [1.54, 1.807) is 21.6 Å². The van der Waals surface area contributed by atoms with Crippen LogP contribution >= 0.6 is 23.6 Å². The predicted molar refractivity (Wildman–Crippen MR) is 184 cm³/mol. The van der Waals surface area contributed by atoms with Crippen molar-refractivity contribution in [2.75, 3.05) is 18.0 Å². The summed E-state index contributed by atoms with van der Waals surface area (Å²) in [5, 5.41) is 32.3. The van der Waals surface area contributed by atoms with Gasteiger partial charge in [0.05, 0.1) is 22.4 Å². The molecule has 49 heavy (non-hydrogen) atoms. The smallest absolute Gasteiger partial charge is 0.370 e. The molecule has 2 aromatic rings. The maximum absolute atomic E-state index is 11.9. The van der Waals surface area contributed by atoms with Crippen molar-refractivity contribution in [3.05, 3.63) is 93.7 Å². The van der Waals surface area contributed by atoms with E-state index in [1.165, 1.54) is 18.2 Å². The Bertz CT molecular complexity index is 1990. The SMILES string of the molecule is CC1(C)C(/C=C/C2=C(Cl)C(=C/C=C3/N(CC(=O)O)c4ccc(S(=O)(=O)O)cc4C3(C)C)/CCC2)=[N+](CC(=O)O)c2ccc(SOOO)cc21. The number of carbonyl (C=O) groups is 2. The molecule has 0 radical (unpaired) electrons. The Morgan fingerprint density at radius 3 is 2.39 bits per heavy atom. The van der Waals surface area contributed by atoms with Crippen molar-refractivity contribution in [2.45, 2.75) is 67.6 Å². The molecule has 0 saturated carbocycles. The molecule has 2 heterocycles. The molecule has 260 valence electrons. The summed E-state index contributed by atoms with van der Waals surface area (Å²) in [6.45, 7) is 7.07. The number of aliphatic carboxylic acids is 2. The van der Waals surface area contributed by atoms with Crippen LogP contribution in [0.4, 0.5) is 11.4 Å². The van der Waals surface area contributed by atoms with E-state index in [1.807, 2.05) is 58.1 Å². The Hall–Kier alpha value is -3.76. The third-order valence-electron chi connectivity index (χ3n) is 9.11. The topological polar surface area (TPSA) is 174 Å². The number of nitrogens with zero attached hydrogens (tertiary/aromatic N) is 2. The second kappa shape index (κ2) is 13.9. The summed E-state index contributed by atoms with van der Waals surface area (Å²) in [7, 11) is -4.47. The average Bonchev–Trinajstić information content (AvgIpc) is 3.35. The van der Waals surface area contributed by atoms with E-state index in [0.717, 1.165) is 46.6 Å². The Labute approximate surface area is 293 Å². The number of hydrogen-bond donors (Lipinski definition) is 4. The highest BCUT2D eigenvalue weighted by Crippen LogP contribution is 2.49. The summed E-state index contributed by atoms with van der Waals surface area (Å²) in [6, 6.07) is 9.51. The molecule has 15 heteroatoms. The Morgan fingerprint density at radius 1 is 1.00 bits per heavy atom. The van der Waals surface area contributed by atoms with Gasteiger partial charge in [-0.05, 0) is 86.2 Å². The lowest BCUT2D eigenvalue weighted by Crippen LogP contribution is -2.30. The van der Waals surface area contributed by atoms with Crippen LogP contribution in [0.1, 0.15) is 58.1 Å². The lowest BCUT2D eigenvalue weighted by atomic mass is 9.81. The highest BCUT2D eigenvalue weighted by molar-refractivity contribution is 7.94. The van der Waals surface area contributed by atoms with Crippen LogP contribution in [-0.4, -0.2) is 63.8 Å². The molecule has 0 aromatic heterocycles. The number of carboxylic acids is 2. The Balaban J connectivity index is 1.52. The standard InChI is InChI=1S/C34H35ClN2O10S2/c1-33(2)24-16-22(48-47-46-42)10-12-26(24)36(18-30(38)39)28(33)14-8-20-6-5-7-21(32(20)35)9-15-29-34(3,4)25-17-23(49(43,44)45)11-13-27(25)37(29)19-31(40)41/h8-17H,5-7,18-19H2,1-4H3,(H3-,38,39,40,41,42,43,44,45)/p+1. The molecule has 0 spiro atoms. The van der Waals surface area contributed by atoms with Gasteiger partial charge in [-0.25, -0.2) is 10.1 Å². The fourth-order valence-corrected chi connectivity index (χ4v) is 7.97. The molecule has 0 bridgehead atoms. The zero-order valence-corrected chi connectivity index (χ0v) is 29.5. The Kier molecular flexibility index (Phi) is 10.3. The molecule has 12 nitrogen and oxygen atoms in total. The molecular weight excluding hydrogens is 696 g/mol. The van der Waals surface area contributed by atoms with Gasteiger partial charge in [0.25, 0.3) is 10.1 Å². The van der Waals surface area contributed by atoms with Crippen molar-refractivity contribution in [3.8, 4) is 0 Å². The maximum Gasteiger partial charge on any atom is 0.370 e. The van der Waals surface area contributed by atoms with Crippen molar-refractivity contribution in [1.82, 2.24) is 0 Å². The number of anilines is 1. The molecule has 3 aliphatic rings. The number of rotatable bonds is 11. The largest absolute Gasteiger partial charge is 0.480 e. The van der Waals surface area contributed by atoms with Gasteiger partial charge in [-0.3, -0.25) is 9.35 Å². The summed E-state index contributed by atoms with van der Waals surface area (Å²) >= 11 is 7.80. The summed E-state index contributed by atoms with van der Waals surface area (Å²) in [4.78, 5) is 25.8. The molecule has 2 aliphatic heterocycles. The van der Waals surface area contributed by atoms with Crippen molar-refractivity contribution in [3.63, 3.8) is 0 Å². The third kappa shape index (κ3) is 7.26. The number of halogens is 1. The minimum absolute atomic E-state index is 0.263. The quantitative estimate of drug-likeness (QED) is 0.0631. The van der Waals surface area contributed by atoms with Crippen molar-refractivity contribution >= 4 is 62.8 Å². The highest BCUT2D eigenvalue weighted by Gasteiger charge is 2.45. The van der Waals surface area contributed by atoms with Gasteiger partial charge >= 0.3 is 11.9 Å². The predicted octanol–water partition coefficient (Wildman–Crippen LogP) is 6.75. The van der Waals surface area contributed by atoms with E-state index in [2.05, 4.69) is 9.37 Å². The van der Waals surface area contributed by atoms with Gasteiger partial charge in [-0.15, -0.1) is 4.33 Å². The van der Waals surface area contributed by atoms with Crippen LogP contribution in [0, 0.1) is 0 Å². The molecule has 1 aliphatic carbocycles. The molecule has 0 unspecified atom stereocenters. The summed E-state index contributed by atoms with van der Waals surface area (Å²) in [6.07, 6.45) is 9.59. The molecule has 2 aromatic carbocycles. The van der Waals surface area contributed by atoms with E-state index in [-0.39, 0.29) is 18.0 Å². The number of hydrogen-bond acceptors (Lipinski definition) is 9. The number of benzene rings is 2. The van der Waals surface area contributed by atoms with Gasteiger partial charge in [-0.2, -0.15) is 13.0 Å². The molecule has 0 fully saturated rings. The van der Waals surface area contributed by atoms with Crippen LogP contribution in [-0.2, 0) is 39.9 Å². The van der Waals surface area contributed by atoms with Crippen LogP contribution in [0.3, 0.4) is 0 Å².